The fraction of sp³-hybridized carbons (Fsp3) is 0.133. The highest BCUT2D eigenvalue weighted by Crippen LogP contribution is 2.31. The van der Waals surface area contributed by atoms with E-state index in [-0.39, 0.29) is 24.4 Å². The molecule has 2 aromatic rings. The molecule has 0 aliphatic heterocycles. The second-order valence-corrected chi connectivity index (χ2v) is 4.42. The maximum absolute atomic E-state index is 13.6. The Balaban J connectivity index is 0.00000200. The summed E-state index contributed by atoms with van der Waals surface area (Å²) in [6.07, 6.45) is -0.161. The van der Waals surface area contributed by atoms with Crippen molar-refractivity contribution in [2.24, 2.45) is 0 Å². The van der Waals surface area contributed by atoms with Gasteiger partial charge in [-0.25, -0.2) is 8.78 Å². The van der Waals surface area contributed by atoms with Crippen LogP contribution in [0.2, 0.25) is 5.02 Å². The smallest absolute Gasteiger partial charge is 0.307 e. The topological polar surface area (TPSA) is 37.3 Å². The summed E-state index contributed by atoms with van der Waals surface area (Å²) < 4.78 is 26.5. The van der Waals surface area contributed by atoms with Crippen molar-refractivity contribution in [3.8, 4) is 11.1 Å². The zero-order valence-electron chi connectivity index (χ0n) is 9.66. The number of hydrogen-bond acceptors (Lipinski definition) is 1. The van der Waals surface area contributed by atoms with Gasteiger partial charge in [-0.1, -0.05) is 31.2 Å². The van der Waals surface area contributed by atoms with Crippen LogP contribution in [0.5, 0.6) is 0 Å². The normalized spacial score (nSPS) is 9.95. The third-order valence-electron chi connectivity index (χ3n) is 2.61. The summed E-state index contributed by atoms with van der Waals surface area (Å²) in [7, 11) is 0. The first-order valence-electron chi connectivity index (χ1n) is 5.43. The van der Waals surface area contributed by atoms with Crippen molar-refractivity contribution < 1.29 is 18.7 Å². The summed E-state index contributed by atoms with van der Waals surface area (Å²) in [6.45, 7) is 0. The zero-order chi connectivity index (χ0) is 14.0. The number of carboxylic acid groups (broad SMARTS) is 1. The Morgan fingerprint density at radius 3 is 2.30 bits per heavy atom. The average molecular weight is 299 g/mol. The second-order valence-electron chi connectivity index (χ2n) is 4.01. The highest BCUT2D eigenvalue weighted by atomic mass is 35.5. The van der Waals surface area contributed by atoms with Gasteiger partial charge in [-0.15, -0.1) is 0 Å². The van der Waals surface area contributed by atoms with E-state index < -0.39 is 17.6 Å². The SMILES string of the molecule is C.O=C(O)Cc1ccc(-c2ccc(F)cc2F)c(Cl)c1. The van der Waals surface area contributed by atoms with Gasteiger partial charge in [0.25, 0.3) is 0 Å². The van der Waals surface area contributed by atoms with Crippen LogP contribution in [0.15, 0.2) is 36.4 Å². The van der Waals surface area contributed by atoms with Crippen LogP contribution in [-0.2, 0) is 11.2 Å². The van der Waals surface area contributed by atoms with Crippen molar-refractivity contribution in [2.75, 3.05) is 0 Å². The lowest BCUT2D eigenvalue weighted by Crippen LogP contribution is -2.00. The lowest BCUT2D eigenvalue weighted by Gasteiger charge is -2.07. The first kappa shape index (κ1) is 16.1. The maximum atomic E-state index is 13.6. The van der Waals surface area contributed by atoms with Crippen LogP contribution < -0.4 is 0 Å². The van der Waals surface area contributed by atoms with Crippen molar-refractivity contribution in [1.29, 1.82) is 0 Å². The van der Waals surface area contributed by atoms with E-state index in [1.54, 1.807) is 6.07 Å². The van der Waals surface area contributed by atoms with Gasteiger partial charge in [0.2, 0.25) is 0 Å². The largest absolute Gasteiger partial charge is 0.481 e. The predicted octanol–water partition coefficient (Wildman–Crippen LogP) is 4.55. The summed E-state index contributed by atoms with van der Waals surface area (Å²) >= 11 is 6.01. The van der Waals surface area contributed by atoms with Crippen molar-refractivity contribution in [3.63, 3.8) is 0 Å². The van der Waals surface area contributed by atoms with E-state index in [2.05, 4.69) is 0 Å². The summed E-state index contributed by atoms with van der Waals surface area (Å²) in [6, 6.07) is 7.75. The van der Waals surface area contributed by atoms with Gasteiger partial charge < -0.3 is 5.11 Å². The molecule has 0 saturated carbocycles. The minimum atomic E-state index is -0.975. The molecule has 1 N–H and O–H groups in total. The molecule has 0 atom stereocenters. The van der Waals surface area contributed by atoms with Gasteiger partial charge in [0.05, 0.1) is 6.42 Å². The van der Waals surface area contributed by atoms with Crippen LogP contribution in [-0.4, -0.2) is 11.1 Å². The number of benzene rings is 2. The first-order valence-corrected chi connectivity index (χ1v) is 5.81. The highest BCUT2D eigenvalue weighted by Gasteiger charge is 2.11. The number of carboxylic acids is 1. The van der Waals surface area contributed by atoms with Crippen molar-refractivity contribution in [1.82, 2.24) is 0 Å². The third kappa shape index (κ3) is 3.54. The van der Waals surface area contributed by atoms with Gasteiger partial charge in [0.15, 0.2) is 0 Å². The van der Waals surface area contributed by atoms with E-state index in [0.717, 1.165) is 12.1 Å². The molecule has 0 aromatic heterocycles. The molecule has 0 radical (unpaired) electrons. The van der Waals surface area contributed by atoms with Crippen molar-refractivity contribution in [3.05, 3.63) is 58.6 Å². The molecular weight excluding hydrogens is 286 g/mol. The molecule has 0 aliphatic carbocycles. The third-order valence-corrected chi connectivity index (χ3v) is 2.92. The Hall–Kier alpha value is -1.94. The lowest BCUT2D eigenvalue weighted by atomic mass is 10.0. The molecule has 0 fully saturated rings. The predicted molar refractivity (Wildman–Crippen MR) is 74.9 cm³/mol. The number of halogens is 3. The van der Waals surface area contributed by atoms with Gasteiger partial charge in [-0.3, -0.25) is 4.79 Å². The van der Waals surface area contributed by atoms with E-state index in [4.69, 9.17) is 16.7 Å². The van der Waals surface area contributed by atoms with Crippen molar-refractivity contribution >= 4 is 17.6 Å². The lowest BCUT2D eigenvalue weighted by molar-refractivity contribution is -0.136. The Morgan fingerprint density at radius 2 is 1.75 bits per heavy atom. The highest BCUT2D eigenvalue weighted by molar-refractivity contribution is 6.33. The molecule has 0 amide bonds. The standard InChI is InChI=1S/C14H9ClF2O2.CH4/c15-12-5-8(6-14(18)19)1-3-10(12)11-4-2-9(16)7-13(11)17;/h1-5,7H,6H2,(H,18,19);1H4. The summed E-state index contributed by atoms with van der Waals surface area (Å²) in [4.78, 5) is 10.6. The summed E-state index contributed by atoms with van der Waals surface area (Å²) in [5, 5.41) is 8.90. The number of hydrogen-bond donors (Lipinski definition) is 1. The van der Waals surface area contributed by atoms with Gasteiger partial charge in [-0.05, 0) is 23.8 Å². The first-order chi connectivity index (χ1) is 8.97. The molecular formula is C15H13ClF2O2. The van der Waals surface area contributed by atoms with Crippen LogP contribution >= 0.6 is 11.6 Å². The van der Waals surface area contributed by atoms with Gasteiger partial charge in [0, 0.05) is 22.2 Å². The van der Waals surface area contributed by atoms with E-state index in [1.807, 2.05) is 0 Å². The summed E-state index contributed by atoms with van der Waals surface area (Å²) in [5.41, 5.74) is 1.09. The maximum Gasteiger partial charge on any atom is 0.307 e. The Morgan fingerprint density at radius 1 is 1.10 bits per heavy atom. The average Bonchev–Trinajstić information content (AvgIpc) is 2.30. The molecule has 2 rings (SSSR count). The molecule has 0 spiro atoms. The van der Waals surface area contributed by atoms with E-state index >= 15 is 0 Å². The number of aliphatic carboxylic acids is 1. The van der Waals surface area contributed by atoms with Gasteiger partial charge in [0.1, 0.15) is 11.6 Å². The molecule has 106 valence electrons. The van der Waals surface area contributed by atoms with Gasteiger partial charge >= 0.3 is 5.97 Å². The minimum absolute atomic E-state index is 0. The van der Waals surface area contributed by atoms with Crippen LogP contribution in [0.1, 0.15) is 13.0 Å². The van der Waals surface area contributed by atoms with Crippen LogP contribution in [0.25, 0.3) is 11.1 Å². The van der Waals surface area contributed by atoms with E-state index in [0.29, 0.717) is 11.1 Å². The molecule has 0 bridgehead atoms. The van der Waals surface area contributed by atoms with E-state index in [9.17, 15) is 13.6 Å². The molecule has 20 heavy (non-hydrogen) atoms. The Kier molecular flexibility index (Phi) is 5.22. The monoisotopic (exact) mass is 298 g/mol. The zero-order valence-corrected chi connectivity index (χ0v) is 10.4. The quantitative estimate of drug-likeness (QED) is 0.902. The Bertz CT molecular complexity index is 642. The summed E-state index contributed by atoms with van der Waals surface area (Å²) in [5.74, 6) is -2.36. The molecule has 2 aromatic carbocycles. The number of carbonyl (C=O) groups is 1. The molecule has 0 heterocycles. The molecule has 2 nitrogen and oxygen atoms in total. The molecule has 0 unspecified atom stereocenters. The van der Waals surface area contributed by atoms with Crippen LogP contribution in [0.3, 0.4) is 0 Å². The van der Waals surface area contributed by atoms with Crippen molar-refractivity contribution in [2.45, 2.75) is 13.8 Å². The second kappa shape index (κ2) is 6.48. The Labute approximate surface area is 120 Å². The minimum Gasteiger partial charge on any atom is -0.481 e. The molecule has 0 aliphatic rings. The van der Waals surface area contributed by atoms with E-state index in [1.165, 1.54) is 18.2 Å². The molecule has 5 heteroatoms. The van der Waals surface area contributed by atoms with Crippen LogP contribution in [0.4, 0.5) is 8.78 Å². The fourth-order valence-corrected chi connectivity index (χ4v) is 2.07. The number of rotatable bonds is 3. The fourth-order valence-electron chi connectivity index (χ4n) is 1.77. The molecule has 0 saturated heterocycles. The van der Waals surface area contributed by atoms with Gasteiger partial charge in [-0.2, -0.15) is 0 Å². The van der Waals surface area contributed by atoms with Crippen LogP contribution in [0, 0.1) is 11.6 Å².